The molecule has 0 saturated carbocycles. The lowest BCUT2D eigenvalue weighted by Crippen LogP contribution is -2.35. The zero-order valence-corrected chi connectivity index (χ0v) is 53.3. The molecule has 1 heterocycles. The number of ether oxygens (including phenoxy) is 9. The summed E-state index contributed by atoms with van der Waals surface area (Å²) in [6.45, 7) is 16.1. The van der Waals surface area contributed by atoms with Crippen LogP contribution in [0.4, 0.5) is 4.79 Å². The highest BCUT2D eigenvalue weighted by Crippen LogP contribution is 2.43. The molecule has 0 aromatic heterocycles. The topological polar surface area (TPSA) is 203 Å². The molecule has 0 bridgehead atoms. The van der Waals surface area contributed by atoms with Crippen molar-refractivity contribution in [3.05, 3.63) is 33.9 Å². The van der Waals surface area contributed by atoms with Crippen LogP contribution < -0.4 is 9.47 Å². The predicted octanol–water partition coefficient (Wildman–Crippen LogP) is 16.4. The predicted molar refractivity (Wildman–Crippen MR) is 322 cm³/mol. The van der Waals surface area contributed by atoms with Crippen LogP contribution in [0.1, 0.15) is 281 Å². The van der Waals surface area contributed by atoms with Gasteiger partial charge in [0.15, 0.2) is 11.9 Å². The van der Waals surface area contributed by atoms with Gasteiger partial charge in [0.05, 0.1) is 26.1 Å². The van der Waals surface area contributed by atoms with E-state index in [1.165, 1.54) is 137 Å². The van der Waals surface area contributed by atoms with Crippen molar-refractivity contribution >= 4 is 42.0 Å². The van der Waals surface area contributed by atoms with Crippen LogP contribution in [0.25, 0.3) is 0 Å². The van der Waals surface area contributed by atoms with Gasteiger partial charge in [0, 0.05) is 37.3 Å². The van der Waals surface area contributed by atoms with Gasteiger partial charge in [-0.25, -0.2) is 9.59 Å². The van der Waals surface area contributed by atoms with Crippen LogP contribution in [0.15, 0.2) is 11.6 Å². The number of unbranched alkanes of at least 4 members (excludes halogenated alkanes) is 24. The Labute approximate surface area is 499 Å². The lowest BCUT2D eigenvalue weighted by atomic mass is 9.82. The third-order valence-electron chi connectivity index (χ3n) is 16.3. The Morgan fingerprint density at radius 2 is 0.976 bits per heavy atom. The van der Waals surface area contributed by atoms with Crippen molar-refractivity contribution in [3.63, 3.8) is 0 Å². The van der Waals surface area contributed by atoms with Crippen molar-refractivity contribution in [2.75, 3.05) is 27.4 Å². The quantitative estimate of drug-likeness (QED) is 0.0149. The number of esters is 6. The first-order chi connectivity index (χ1) is 39.9. The largest absolute Gasteiger partial charge is 0.516 e. The number of methoxy groups -OCH3 is 2. The molecule has 2 rings (SSSR count). The molecule has 0 spiro atoms. The first-order valence-electron chi connectivity index (χ1n) is 32.1. The maximum Gasteiger partial charge on any atom is 0.516 e. The third-order valence-corrected chi connectivity index (χ3v) is 16.3. The van der Waals surface area contributed by atoms with Crippen LogP contribution in [0.5, 0.6) is 11.5 Å². The second kappa shape index (κ2) is 44.3. The minimum Gasteiger partial charge on any atom is -0.496 e. The van der Waals surface area contributed by atoms with Gasteiger partial charge in [-0.3, -0.25) is 24.0 Å². The normalized spacial score (nSPS) is 14.0. The summed E-state index contributed by atoms with van der Waals surface area (Å²) in [6, 6.07) is 0. The molecule has 16 nitrogen and oxygen atoms in total. The zero-order valence-electron chi connectivity index (χ0n) is 53.3. The Hall–Kier alpha value is -5.15. The molecule has 1 aromatic rings. The van der Waals surface area contributed by atoms with E-state index in [1.807, 2.05) is 26.8 Å². The second-order valence-electron chi connectivity index (χ2n) is 23.4. The second-order valence-corrected chi connectivity index (χ2v) is 23.4. The molecule has 5 atom stereocenters. The lowest BCUT2D eigenvalue weighted by molar-refractivity contribution is -0.173. The van der Waals surface area contributed by atoms with Crippen LogP contribution in [0.3, 0.4) is 0 Å². The van der Waals surface area contributed by atoms with Gasteiger partial charge in [0.1, 0.15) is 31.1 Å². The molecular weight excluding hydrogens is 1060 g/mol. The van der Waals surface area contributed by atoms with Crippen molar-refractivity contribution in [2.24, 2.45) is 23.7 Å². The molecule has 0 radical (unpaired) electrons. The Balaban J connectivity index is 1.97. The van der Waals surface area contributed by atoms with Gasteiger partial charge in [-0.15, -0.1) is 0 Å². The minimum atomic E-state index is -1.39. The van der Waals surface area contributed by atoms with E-state index in [-0.39, 0.29) is 86.6 Å². The van der Waals surface area contributed by atoms with Crippen molar-refractivity contribution in [3.8, 4) is 11.5 Å². The minimum absolute atomic E-state index is 0.0489. The Morgan fingerprint density at radius 1 is 0.542 bits per heavy atom. The van der Waals surface area contributed by atoms with Gasteiger partial charge in [-0.05, 0) is 63.4 Å². The number of carbonyl (C=O) groups excluding carboxylic acids is 7. The van der Waals surface area contributed by atoms with Crippen LogP contribution >= 0.6 is 0 Å². The summed E-state index contributed by atoms with van der Waals surface area (Å²) < 4.78 is 49.6. The third kappa shape index (κ3) is 31.0. The monoisotopic (exact) mass is 1170 g/mol. The number of benzene rings is 1. The molecule has 0 N–H and O–H groups in total. The van der Waals surface area contributed by atoms with Gasteiger partial charge >= 0.3 is 42.0 Å². The molecule has 83 heavy (non-hydrogen) atoms. The number of carbonyl (C=O) groups is 7. The number of fused-ring (bicyclic) bond motifs is 1. The van der Waals surface area contributed by atoms with Gasteiger partial charge in [-0.2, -0.15) is 0 Å². The molecule has 1 aliphatic heterocycles. The molecule has 1 aliphatic rings. The average molecular weight is 1170 g/mol. The fourth-order valence-corrected chi connectivity index (χ4v) is 10.4. The maximum absolute atomic E-state index is 13.7. The number of rotatable bonds is 48. The standard InChI is InChI=1S/C67H110O16/c1-12-14-16-18-20-22-24-26-28-30-32-34-36-38-59(69)77-45-55(46-78-60(70)39-37-35-33-31-29-27-25-23-21-19-17-15-13-2)82-65(72)52(7)50(5)44-49(4)51(6)64(71)80-54(9)81-67(74)83-63-56(42-40-48(3)41-43-58(68)75-10)62(76-11)53(8)57-47-79-66(73)61(57)63/h40,49-52,54-55H,12-39,41-47H2,1-11H3/b48-40+. The number of allylic oxidation sites excluding steroid dienone is 2. The summed E-state index contributed by atoms with van der Waals surface area (Å²) in [5.74, 6) is -4.69. The average Bonchev–Trinajstić information content (AvgIpc) is 4.08. The van der Waals surface area contributed by atoms with E-state index in [4.69, 9.17) is 42.6 Å². The van der Waals surface area contributed by atoms with Crippen LogP contribution in [0.2, 0.25) is 0 Å². The molecular formula is C67H110O16. The Morgan fingerprint density at radius 3 is 1.41 bits per heavy atom. The lowest BCUT2D eigenvalue weighted by Gasteiger charge is -2.27. The molecule has 474 valence electrons. The number of hydrogen-bond acceptors (Lipinski definition) is 16. The first kappa shape index (κ1) is 74.0. The zero-order chi connectivity index (χ0) is 61.4. The van der Waals surface area contributed by atoms with E-state index >= 15 is 0 Å². The van der Waals surface area contributed by atoms with Gasteiger partial charge in [-0.1, -0.05) is 207 Å². The summed E-state index contributed by atoms with van der Waals surface area (Å²) >= 11 is 0. The highest BCUT2D eigenvalue weighted by Gasteiger charge is 2.36. The van der Waals surface area contributed by atoms with Crippen molar-refractivity contribution in [2.45, 2.75) is 287 Å². The van der Waals surface area contributed by atoms with Gasteiger partial charge < -0.3 is 42.6 Å². The summed E-state index contributed by atoms with van der Waals surface area (Å²) in [7, 11) is 2.78. The van der Waals surface area contributed by atoms with Crippen LogP contribution in [0, 0.1) is 30.6 Å². The maximum atomic E-state index is 13.7. The van der Waals surface area contributed by atoms with E-state index in [0.717, 1.165) is 44.1 Å². The smallest absolute Gasteiger partial charge is 0.496 e. The highest BCUT2D eigenvalue weighted by atomic mass is 16.8. The van der Waals surface area contributed by atoms with E-state index < -0.39 is 48.3 Å². The van der Waals surface area contributed by atoms with Crippen molar-refractivity contribution in [1.29, 1.82) is 0 Å². The number of cyclic esters (lactones) is 1. The van der Waals surface area contributed by atoms with Crippen molar-refractivity contribution in [1.82, 2.24) is 0 Å². The first-order valence-corrected chi connectivity index (χ1v) is 32.1. The Kier molecular flexibility index (Phi) is 39.5. The van der Waals surface area contributed by atoms with Crippen LogP contribution in [-0.2, 0) is 70.2 Å². The number of hydrogen-bond donors (Lipinski definition) is 0. The molecule has 0 fully saturated rings. The van der Waals surface area contributed by atoms with E-state index in [2.05, 4.69) is 13.8 Å². The van der Waals surface area contributed by atoms with E-state index in [1.54, 1.807) is 20.8 Å². The summed E-state index contributed by atoms with van der Waals surface area (Å²) in [5.41, 5.74) is 2.42. The fraction of sp³-hybridized carbons (Fsp3) is 0.776. The van der Waals surface area contributed by atoms with Gasteiger partial charge in [0.2, 0.25) is 6.29 Å². The molecule has 0 aliphatic carbocycles. The highest BCUT2D eigenvalue weighted by molar-refractivity contribution is 5.99. The summed E-state index contributed by atoms with van der Waals surface area (Å²) in [6.07, 6.45) is 30.9. The van der Waals surface area contributed by atoms with Crippen LogP contribution in [-0.4, -0.2) is 81.8 Å². The van der Waals surface area contributed by atoms with E-state index in [0.29, 0.717) is 48.1 Å². The molecule has 5 unspecified atom stereocenters. The molecule has 0 saturated heterocycles. The SMILES string of the molecule is CCCCCCCCCCCCCCCC(=O)OCC(COC(=O)CCCCCCCCCCCCCCC)OC(=O)C(C)C(C)CC(C)C(C)C(=O)OC(C)OC(=O)Oc1c(C/C=C(\C)CCC(=O)OC)c(OC)c(C)c2c1C(=O)OC2. The molecule has 0 amide bonds. The Bertz CT molecular complexity index is 2050. The van der Waals surface area contributed by atoms with Crippen molar-refractivity contribution < 1.29 is 76.2 Å². The molecule has 1 aromatic carbocycles. The molecule has 16 heteroatoms. The summed E-state index contributed by atoms with van der Waals surface area (Å²) in [4.78, 5) is 91.2. The fourth-order valence-electron chi connectivity index (χ4n) is 10.4. The summed E-state index contributed by atoms with van der Waals surface area (Å²) in [5, 5.41) is 0. The van der Waals surface area contributed by atoms with E-state index in [9.17, 15) is 33.6 Å². The van der Waals surface area contributed by atoms with Gasteiger partial charge in [0.25, 0.3) is 0 Å².